The summed E-state index contributed by atoms with van der Waals surface area (Å²) >= 11 is 1.35. The zero-order valence-electron chi connectivity index (χ0n) is 23.8. The van der Waals surface area contributed by atoms with Crippen molar-refractivity contribution in [3.8, 4) is 17.2 Å². The van der Waals surface area contributed by atoms with E-state index in [4.69, 9.17) is 19.2 Å². The number of rotatable bonds is 8. The van der Waals surface area contributed by atoms with E-state index in [1.807, 2.05) is 50.2 Å². The lowest BCUT2D eigenvalue weighted by Crippen LogP contribution is -2.29. The highest BCUT2D eigenvalue weighted by atomic mass is 32.1. The number of ether oxygens (including phenoxy) is 3. The molecule has 1 amide bonds. The minimum Gasteiger partial charge on any atom is -0.507 e. The fraction of sp³-hybridized carbons (Fsp3) is 0.303. The summed E-state index contributed by atoms with van der Waals surface area (Å²) in [4.78, 5) is 33.6. The number of carbonyl (C=O) groups excluding carboxylic acids is 2. The van der Waals surface area contributed by atoms with Gasteiger partial charge in [-0.3, -0.25) is 14.5 Å². The minimum atomic E-state index is -0.894. The molecule has 2 aliphatic rings. The van der Waals surface area contributed by atoms with E-state index in [0.717, 1.165) is 40.6 Å². The predicted octanol–water partition coefficient (Wildman–Crippen LogP) is 6.88. The SMILES string of the molecule is CCCCCOc1ccc(C2/C(=C(/O)c3ccc4c(c3)OCCO4)C(=O)C(=O)N2c2nc3c(C)cc(C)cc3s2)cc1. The van der Waals surface area contributed by atoms with Crippen LogP contribution in [0.15, 0.2) is 60.2 Å². The van der Waals surface area contributed by atoms with Gasteiger partial charge in [0, 0.05) is 5.56 Å². The molecule has 3 aromatic carbocycles. The smallest absolute Gasteiger partial charge is 0.301 e. The third kappa shape index (κ3) is 5.09. The van der Waals surface area contributed by atoms with Crippen LogP contribution >= 0.6 is 11.3 Å². The van der Waals surface area contributed by atoms with Gasteiger partial charge in [-0.1, -0.05) is 49.3 Å². The van der Waals surface area contributed by atoms with Crippen LogP contribution in [0, 0.1) is 13.8 Å². The summed E-state index contributed by atoms with van der Waals surface area (Å²) in [7, 11) is 0. The lowest BCUT2D eigenvalue weighted by atomic mass is 9.95. The predicted molar refractivity (Wildman–Crippen MR) is 163 cm³/mol. The van der Waals surface area contributed by atoms with Crippen molar-refractivity contribution in [2.45, 2.75) is 46.1 Å². The standard InChI is InChI=1S/C33H32N2O6S/c1-4-5-6-13-39-23-10-7-21(8-11-23)29-27(30(36)22-9-12-24-25(18-22)41-15-14-40-24)31(37)32(38)35(29)33-34-28-20(3)16-19(2)17-26(28)42-33/h7-12,16-18,29,36H,4-6,13-15H2,1-3H3/b30-27-. The first-order valence-corrected chi connectivity index (χ1v) is 15.0. The number of hydrogen-bond donors (Lipinski definition) is 1. The Morgan fingerprint density at radius 1 is 1.02 bits per heavy atom. The van der Waals surface area contributed by atoms with E-state index in [2.05, 4.69) is 6.92 Å². The number of aliphatic hydroxyl groups excluding tert-OH is 1. The molecule has 1 atom stereocenters. The Morgan fingerprint density at radius 2 is 1.79 bits per heavy atom. The summed E-state index contributed by atoms with van der Waals surface area (Å²) in [5, 5.41) is 12.0. The summed E-state index contributed by atoms with van der Waals surface area (Å²) in [6.07, 6.45) is 3.16. The fourth-order valence-electron chi connectivity index (χ4n) is 5.44. The molecule has 0 bridgehead atoms. The van der Waals surface area contributed by atoms with E-state index in [0.29, 0.717) is 53.3 Å². The van der Waals surface area contributed by atoms with Gasteiger partial charge >= 0.3 is 5.91 Å². The van der Waals surface area contributed by atoms with Crippen LogP contribution in [0.5, 0.6) is 17.2 Å². The molecule has 9 heteroatoms. The lowest BCUT2D eigenvalue weighted by molar-refractivity contribution is -0.132. The number of Topliss-reactive ketones (excluding diaryl/α,β-unsaturated/α-hetero) is 1. The van der Waals surface area contributed by atoms with Gasteiger partial charge in [0.25, 0.3) is 5.78 Å². The summed E-state index contributed by atoms with van der Waals surface area (Å²) in [6.45, 7) is 7.56. The van der Waals surface area contributed by atoms with Gasteiger partial charge in [-0.05, 0) is 73.4 Å². The normalized spacial score (nSPS) is 17.7. The molecule has 0 radical (unpaired) electrons. The quantitative estimate of drug-likeness (QED) is 0.104. The third-order valence-corrected chi connectivity index (χ3v) is 8.50. The van der Waals surface area contributed by atoms with Gasteiger partial charge in [-0.25, -0.2) is 4.98 Å². The minimum absolute atomic E-state index is 0.0135. The molecule has 0 spiro atoms. The topological polar surface area (TPSA) is 98.2 Å². The van der Waals surface area contributed by atoms with E-state index in [9.17, 15) is 14.7 Å². The number of benzene rings is 3. The van der Waals surface area contributed by atoms with Crippen LogP contribution in [0.1, 0.15) is 54.5 Å². The van der Waals surface area contributed by atoms with Gasteiger partial charge in [-0.15, -0.1) is 0 Å². The lowest BCUT2D eigenvalue weighted by Gasteiger charge is -2.23. The Labute approximate surface area is 248 Å². The van der Waals surface area contributed by atoms with Gasteiger partial charge in [0.15, 0.2) is 16.6 Å². The second-order valence-electron chi connectivity index (χ2n) is 10.6. The second kappa shape index (κ2) is 11.5. The number of anilines is 1. The molecule has 4 aromatic rings. The first-order chi connectivity index (χ1) is 20.4. The van der Waals surface area contributed by atoms with Crippen LogP contribution in [0.3, 0.4) is 0 Å². The Kier molecular flexibility index (Phi) is 7.60. The zero-order valence-corrected chi connectivity index (χ0v) is 24.6. The summed E-state index contributed by atoms with van der Waals surface area (Å²) in [5.41, 5.74) is 3.85. The van der Waals surface area contributed by atoms with Gasteiger partial charge in [0.05, 0.1) is 28.4 Å². The first-order valence-electron chi connectivity index (χ1n) is 14.2. The first kappa shape index (κ1) is 27.8. The number of nitrogens with zero attached hydrogens (tertiary/aromatic N) is 2. The molecule has 42 heavy (non-hydrogen) atoms. The van der Waals surface area contributed by atoms with Crippen molar-refractivity contribution < 1.29 is 28.9 Å². The van der Waals surface area contributed by atoms with Crippen LogP contribution in [0.25, 0.3) is 16.0 Å². The maximum Gasteiger partial charge on any atom is 0.301 e. The molecule has 3 heterocycles. The molecular weight excluding hydrogens is 552 g/mol. The third-order valence-electron chi connectivity index (χ3n) is 7.50. The number of aromatic nitrogens is 1. The Balaban J connectivity index is 1.46. The van der Waals surface area contributed by atoms with Crippen LogP contribution in [0.2, 0.25) is 0 Å². The average molecular weight is 585 g/mol. The molecule has 1 saturated heterocycles. The number of thiazole rings is 1. The number of aliphatic hydroxyl groups is 1. The number of aryl methyl sites for hydroxylation is 2. The maximum atomic E-state index is 13.7. The fourth-order valence-corrected chi connectivity index (χ4v) is 6.61. The molecule has 0 saturated carbocycles. The summed E-state index contributed by atoms with van der Waals surface area (Å²) < 4.78 is 18.1. The Morgan fingerprint density at radius 3 is 2.55 bits per heavy atom. The van der Waals surface area contributed by atoms with Crippen LogP contribution < -0.4 is 19.1 Å². The number of carbonyl (C=O) groups is 2. The molecule has 1 unspecified atom stereocenters. The highest BCUT2D eigenvalue weighted by molar-refractivity contribution is 7.22. The monoisotopic (exact) mass is 584 g/mol. The van der Waals surface area contributed by atoms with Crippen molar-refractivity contribution in [3.05, 3.63) is 82.4 Å². The second-order valence-corrected chi connectivity index (χ2v) is 11.6. The number of hydrogen-bond acceptors (Lipinski definition) is 8. The van der Waals surface area contributed by atoms with E-state index in [1.165, 1.54) is 16.2 Å². The molecule has 1 N–H and O–H groups in total. The zero-order chi connectivity index (χ0) is 29.4. The summed E-state index contributed by atoms with van der Waals surface area (Å²) in [6, 6.07) is 15.5. The number of ketones is 1. The van der Waals surface area contributed by atoms with Crippen molar-refractivity contribution in [2.24, 2.45) is 0 Å². The van der Waals surface area contributed by atoms with Gasteiger partial charge in [0.1, 0.15) is 24.7 Å². The molecule has 2 aliphatic heterocycles. The highest BCUT2D eigenvalue weighted by Crippen LogP contribution is 2.45. The van der Waals surface area contributed by atoms with Gasteiger partial charge < -0.3 is 19.3 Å². The van der Waals surface area contributed by atoms with Crippen LogP contribution in [-0.4, -0.2) is 41.6 Å². The highest BCUT2D eigenvalue weighted by Gasteiger charge is 2.48. The molecular formula is C33H32N2O6S. The van der Waals surface area contributed by atoms with E-state index in [1.54, 1.807) is 18.2 Å². The molecule has 216 valence electrons. The van der Waals surface area contributed by atoms with Crippen molar-refractivity contribution in [3.63, 3.8) is 0 Å². The summed E-state index contributed by atoms with van der Waals surface area (Å²) in [5.74, 6) is -0.0791. The molecule has 1 fully saturated rings. The number of unbranched alkanes of at least 4 members (excludes halogenated alkanes) is 2. The average Bonchev–Trinajstić information content (AvgIpc) is 3.53. The Hall–Kier alpha value is -4.37. The van der Waals surface area contributed by atoms with Crippen molar-refractivity contribution in [1.29, 1.82) is 0 Å². The van der Waals surface area contributed by atoms with Gasteiger partial charge in [0.2, 0.25) is 0 Å². The maximum absolute atomic E-state index is 13.7. The van der Waals surface area contributed by atoms with Crippen LogP contribution in [-0.2, 0) is 9.59 Å². The largest absolute Gasteiger partial charge is 0.507 e. The van der Waals surface area contributed by atoms with Crippen molar-refractivity contribution >= 4 is 44.1 Å². The molecule has 0 aliphatic carbocycles. The van der Waals surface area contributed by atoms with Crippen molar-refractivity contribution in [1.82, 2.24) is 4.98 Å². The van der Waals surface area contributed by atoms with E-state index < -0.39 is 17.7 Å². The van der Waals surface area contributed by atoms with Crippen molar-refractivity contribution in [2.75, 3.05) is 24.7 Å². The van der Waals surface area contributed by atoms with Gasteiger partial charge in [-0.2, -0.15) is 0 Å². The number of amides is 1. The number of fused-ring (bicyclic) bond motifs is 2. The van der Waals surface area contributed by atoms with E-state index >= 15 is 0 Å². The van der Waals surface area contributed by atoms with E-state index in [-0.39, 0.29) is 11.3 Å². The molecule has 6 rings (SSSR count). The molecule has 1 aromatic heterocycles. The van der Waals surface area contributed by atoms with Crippen LogP contribution in [0.4, 0.5) is 5.13 Å². The molecule has 8 nitrogen and oxygen atoms in total. The Bertz CT molecular complexity index is 1710.